The van der Waals surface area contributed by atoms with Crippen LogP contribution in [0.4, 0.5) is 5.69 Å². The molecule has 1 atom stereocenters. The number of aliphatic hydroxyl groups is 1. The summed E-state index contributed by atoms with van der Waals surface area (Å²) in [6.45, 7) is 3.26. The first-order valence-corrected chi connectivity index (χ1v) is 7.66. The Hall–Kier alpha value is -1.75. The Kier molecular flexibility index (Phi) is 4.01. The van der Waals surface area contributed by atoms with Crippen molar-refractivity contribution in [1.82, 2.24) is 4.90 Å². The van der Waals surface area contributed by atoms with Crippen molar-refractivity contribution in [3.8, 4) is 5.75 Å². The van der Waals surface area contributed by atoms with Crippen LogP contribution in [0, 0.1) is 0 Å². The van der Waals surface area contributed by atoms with Gasteiger partial charge in [-0.05, 0) is 44.4 Å². The highest BCUT2D eigenvalue weighted by molar-refractivity contribution is 5.87. The van der Waals surface area contributed by atoms with Crippen LogP contribution >= 0.6 is 0 Å². The SMILES string of the molecule is CCOc1ccc(NC2CCN(C3CC3)C2=O)cc1CO. The summed E-state index contributed by atoms with van der Waals surface area (Å²) in [6, 6.07) is 5.94. The van der Waals surface area contributed by atoms with Gasteiger partial charge in [0.15, 0.2) is 0 Å². The van der Waals surface area contributed by atoms with Gasteiger partial charge in [0.2, 0.25) is 5.91 Å². The minimum Gasteiger partial charge on any atom is -0.494 e. The van der Waals surface area contributed by atoms with E-state index >= 15 is 0 Å². The van der Waals surface area contributed by atoms with Gasteiger partial charge >= 0.3 is 0 Å². The van der Waals surface area contributed by atoms with Gasteiger partial charge in [0.05, 0.1) is 13.2 Å². The molecule has 1 aromatic rings. The van der Waals surface area contributed by atoms with E-state index in [1.807, 2.05) is 30.0 Å². The van der Waals surface area contributed by atoms with Crippen LogP contribution in [-0.2, 0) is 11.4 Å². The van der Waals surface area contributed by atoms with Gasteiger partial charge < -0.3 is 20.1 Å². The third-order valence-corrected chi connectivity index (χ3v) is 4.10. The lowest BCUT2D eigenvalue weighted by Crippen LogP contribution is -2.34. The topological polar surface area (TPSA) is 61.8 Å². The molecule has 5 heteroatoms. The number of rotatable bonds is 6. The Morgan fingerprint density at radius 3 is 2.86 bits per heavy atom. The summed E-state index contributed by atoms with van der Waals surface area (Å²) >= 11 is 0. The minimum atomic E-state index is -0.143. The van der Waals surface area contributed by atoms with Crippen LogP contribution in [0.15, 0.2) is 18.2 Å². The largest absolute Gasteiger partial charge is 0.494 e. The van der Waals surface area contributed by atoms with Gasteiger partial charge in [0.1, 0.15) is 11.8 Å². The molecular weight excluding hydrogens is 268 g/mol. The molecule has 1 aliphatic carbocycles. The van der Waals surface area contributed by atoms with E-state index in [4.69, 9.17) is 4.74 Å². The highest BCUT2D eigenvalue weighted by atomic mass is 16.5. The van der Waals surface area contributed by atoms with Gasteiger partial charge in [-0.15, -0.1) is 0 Å². The van der Waals surface area contributed by atoms with E-state index in [2.05, 4.69) is 5.32 Å². The number of nitrogens with one attached hydrogen (secondary N) is 1. The smallest absolute Gasteiger partial charge is 0.245 e. The van der Waals surface area contributed by atoms with Crippen LogP contribution in [0.3, 0.4) is 0 Å². The molecule has 1 aliphatic heterocycles. The fraction of sp³-hybridized carbons (Fsp3) is 0.562. The maximum Gasteiger partial charge on any atom is 0.245 e. The third-order valence-electron chi connectivity index (χ3n) is 4.10. The number of nitrogens with zero attached hydrogens (tertiary/aromatic N) is 1. The van der Waals surface area contributed by atoms with Crippen molar-refractivity contribution in [2.24, 2.45) is 0 Å². The minimum absolute atomic E-state index is 0.0718. The molecule has 1 saturated heterocycles. The average Bonchev–Trinajstić information content (AvgIpc) is 3.27. The highest BCUT2D eigenvalue weighted by Crippen LogP contribution is 2.32. The van der Waals surface area contributed by atoms with Crippen LogP contribution < -0.4 is 10.1 Å². The number of anilines is 1. The van der Waals surface area contributed by atoms with Gasteiger partial charge in [-0.2, -0.15) is 0 Å². The number of ether oxygens (including phenoxy) is 1. The molecule has 0 bridgehead atoms. The quantitative estimate of drug-likeness (QED) is 0.838. The second kappa shape index (κ2) is 5.93. The lowest BCUT2D eigenvalue weighted by Gasteiger charge is -2.17. The maximum absolute atomic E-state index is 12.3. The van der Waals surface area contributed by atoms with Crippen molar-refractivity contribution in [2.45, 2.75) is 44.9 Å². The Labute approximate surface area is 124 Å². The first kappa shape index (κ1) is 14.2. The summed E-state index contributed by atoms with van der Waals surface area (Å²) < 4.78 is 5.47. The van der Waals surface area contributed by atoms with Crippen molar-refractivity contribution < 1.29 is 14.6 Å². The standard InChI is InChI=1S/C16H22N2O3/c1-2-21-15-6-3-12(9-11(15)10-19)17-14-7-8-18(16(14)20)13-4-5-13/h3,6,9,13-14,17,19H,2,4-5,7-8,10H2,1H3. The van der Waals surface area contributed by atoms with Gasteiger partial charge in [-0.3, -0.25) is 4.79 Å². The van der Waals surface area contributed by atoms with Crippen molar-refractivity contribution in [1.29, 1.82) is 0 Å². The first-order valence-electron chi connectivity index (χ1n) is 7.66. The fourth-order valence-electron chi connectivity index (χ4n) is 2.87. The zero-order valence-electron chi connectivity index (χ0n) is 12.3. The molecule has 3 rings (SSSR count). The predicted molar refractivity (Wildman–Crippen MR) is 80.3 cm³/mol. The lowest BCUT2D eigenvalue weighted by atomic mass is 10.1. The molecule has 1 unspecified atom stereocenters. The number of hydrogen-bond donors (Lipinski definition) is 2. The molecule has 0 radical (unpaired) electrons. The summed E-state index contributed by atoms with van der Waals surface area (Å²) in [5.41, 5.74) is 1.60. The first-order chi connectivity index (χ1) is 10.2. The van der Waals surface area contributed by atoms with Gasteiger partial charge in [-0.1, -0.05) is 0 Å². The number of hydrogen-bond acceptors (Lipinski definition) is 4. The Morgan fingerprint density at radius 2 is 2.19 bits per heavy atom. The number of carbonyl (C=O) groups is 1. The monoisotopic (exact) mass is 290 g/mol. The van der Waals surface area contributed by atoms with Gasteiger partial charge in [-0.25, -0.2) is 0 Å². The predicted octanol–water partition coefficient (Wildman–Crippen LogP) is 1.75. The van der Waals surface area contributed by atoms with Crippen LogP contribution in [0.2, 0.25) is 0 Å². The molecule has 2 fully saturated rings. The van der Waals surface area contributed by atoms with Crippen LogP contribution in [-0.4, -0.2) is 41.1 Å². The molecule has 114 valence electrons. The van der Waals surface area contributed by atoms with Gasteiger partial charge in [0.25, 0.3) is 0 Å². The molecule has 0 aromatic heterocycles. The van der Waals surface area contributed by atoms with E-state index in [0.717, 1.165) is 37.1 Å². The second-order valence-electron chi connectivity index (χ2n) is 5.66. The Bertz CT molecular complexity index is 528. The maximum atomic E-state index is 12.3. The molecule has 1 aromatic carbocycles. The number of benzene rings is 1. The molecule has 0 spiro atoms. The van der Waals surface area contributed by atoms with E-state index in [1.165, 1.54) is 0 Å². The molecule has 1 saturated carbocycles. The van der Waals surface area contributed by atoms with Crippen LogP contribution in [0.1, 0.15) is 31.7 Å². The van der Waals surface area contributed by atoms with Crippen molar-refractivity contribution in [3.63, 3.8) is 0 Å². The zero-order chi connectivity index (χ0) is 14.8. The summed E-state index contributed by atoms with van der Waals surface area (Å²) in [7, 11) is 0. The van der Waals surface area contributed by atoms with Crippen molar-refractivity contribution in [2.75, 3.05) is 18.5 Å². The zero-order valence-corrected chi connectivity index (χ0v) is 12.3. The fourth-order valence-corrected chi connectivity index (χ4v) is 2.87. The van der Waals surface area contributed by atoms with E-state index in [9.17, 15) is 9.90 Å². The molecule has 5 nitrogen and oxygen atoms in total. The summed E-state index contributed by atoms with van der Waals surface area (Å²) in [5, 5.41) is 12.7. The lowest BCUT2D eigenvalue weighted by molar-refractivity contribution is -0.128. The van der Waals surface area contributed by atoms with Gasteiger partial charge in [0, 0.05) is 23.8 Å². The average molecular weight is 290 g/mol. The number of carbonyl (C=O) groups excluding carboxylic acids is 1. The van der Waals surface area contributed by atoms with Crippen molar-refractivity contribution in [3.05, 3.63) is 23.8 Å². The van der Waals surface area contributed by atoms with Crippen LogP contribution in [0.25, 0.3) is 0 Å². The number of likely N-dealkylation sites (tertiary alicyclic amines) is 1. The van der Waals surface area contributed by atoms with Crippen LogP contribution in [0.5, 0.6) is 5.75 Å². The number of aliphatic hydroxyl groups excluding tert-OH is 1. The summed E-state index contributed by atoms with van der Waals surface area (Å²) in [4.78, 5) is 14.3. The molecule has 2 aliphatic rings. The molecule has 1 amide bonds. The highest BCUT2D eigenvalue weighted by Gasteiger charge is 2.40. The summed E-state index contributed by atoms with van der Waals surface area (Å²) in [6.07, 6.45) is 3.14. The summed E-state index contributed by atoms with van der Waals surface area (Å²) in [5.74, 6) is 0.903. The third kappa shape index (κ3) is 2.97. The molecule has 21 heavy (non-hydrogen) atoms. The number of amides is 1. The van der Waals surface area contributed by atoms with E-state index < -0.39 is 0 Å². The Morgan fingerprint density at radius 1 is 1.38 bits per heavy atom. The Balaban J connectivity index is 1.68. The molecular formula is C16H22N2O3. The van der Waals surface area contributed by atoms with E-state index in [-0.39, 0.29) is 18.6 Å². The van der Waals surface area contributed by atoms with E-state index in [0.29, 0.717) is 18.4 Å². The second-order valence-corrected chi connectivity index (χ2v) is 5.66. The molecule has 1 heterocycles. The van der Waals surface area contributed by atoms with Crippen molar-refractivity contribution >= 4 is 11.6 Å². The van der Waals surface area contributed by atoms with E-state index in [1.54, 1.807) is 0 Å². The normalized spacial score (nSPS) is 21.7. The molecule has 2 N–H and O–H groups in total.